The number of rotatable bonds is 5. The van der Waals surface area contributed by atoms with Crippen molar-refractivity contribution < 1.29 is 4.74 Å². The largest absolute Gasteiger partial charge is 0.373 e. The summed E-state index contributed by atoms with van der Waals surface area (Å²) in [4.78, 5) is 7.42. The Morgan fingerprint density at radius 3 is 2.64 bits per heavy atom. The first-order chi connectivity index (χ1) is 11.5. The highest BCUT2D eigenvalue weighted by atomic mass is 127. The molecule has 6 heteroatoms. The SMILES string of the molecule is CCNC(=NCC1(N(C)C)CCCC(C)C1)NC1CC2CCC1O2.I. The maximum absolute atomic E-state index is 5.98. The normalized spacial score (nSPS) is 37.9. The standard InChI is InChI=1S/C19H36N4O.HI/c1-5-20-18(22-16-11-15-8-9-17(16)24-15)21-13-19(23(3)4)10-6-7-14(2)12-19;/h14-17H,5-13H2,1-4H3,(H2,20,21,22);1H. The molecular weight excluding hydrogens is 427 g/mol. The van der Waals surface area contributed by atoms with Crippen LogP contribution in [0.15, 0.2) is 4.99 Å². The van der Waals surface area contributed by atoms with Crippen LogP contribution in [0.2, 0.25) is 0 Å². The molecule has 5 unspecified atom stereocenters. The van der Waals surface area contributed by atoms with Gasteiger partial charge in [0.2, 0.25) is 0 Å². The maximum Gasteiger partial charge on any atom is 0.191 e. The van der Waals surface area contributed by atoms with Gasteiger partial charge < -0.3 is 20.3 Å². The third-order valence-corrected chi connectivity index (χ3v) is 6.32. The van der Waals surface area contributed by atoms with Gasteiger partial charge in [-0.15, -0.1) is 24.0 Å². The maximum atomic E-state index is 5.98. The molecule has 3 fully saturated rings. The molecule has 0 spiro atoms. The molecule has 2 aliphatic heterocycles. The van der Waals surface area contributed by atoms with Gasteiger partial charge in [0, 0.05) is 12.1 Å². The van der Waals surface area contributed by atoms with Crippen molar-refractivity contribution in [3.05, 3.63) is 0 Å². The zero-order chi connectivity index (χ0) is 17.2. The van der Waals surface area contributed by atoms with Crippen LogP contribution >= 0.6 is 24.0 Å². The second-order valence-corrected chi connectivity index (χ2v) is 8.38. The lowest BCUT2D eigenvalue weighted by Gasteiger charge is -2.44. The fourth-order valence-corrected chi connectivity index (χ4v) is 4.84. The number of aliphatic imine (C=N–C) groups is 1. The molecule has 146 valence electrons. The number of nitrogens with zero attached hydrogens (tertiary/aromatic N) is 2. The number of hydrogen-bond acceptors (Lipinski definition) is 3. The van der Waals surface area contributed by atoms with Gasteiger partial charge in [-0.3, -0.25) is 4.99 Å². The molecule has 3 aliphatic rings. The van der Waals surface area contributed by atoms with E-state index in [2.05, 4.69) is 43.5 Å². The molecule has 0 radical (unpaired) electrons. The van der Waals surface area contributed by atoms with Crippen molar-refractivity contribution in [3.8, 4) is 0 Å². The molecule has 5 atom stereocenters. The van der Waals surface area contributed by atoms with Gasteiger partial charge in [-0.2, -0.15) is 0 Å². The minimum absolute atomic E-state index is 0. The van der Waals surface area contributed by atoms with Crippen LogP contribution in [0.1, 0.15) is 58.8 Å². The number of ether oxygens (including phenoxy) is 1. The van der Waals surface area contributed by atoms with Crippen molar-refractivity contribution in [1.29, 1.82) is 0 Å². The highest BCUT2D eigenvalue weighted by Gasteiger charge is 2.41. The van der Waals surface area contributed by atoms with Crippen molar-refractivity contribution in [2.45, 2.75) is 82.6 Å². The van der Waals surface area contributed by atoms with E-state index in [1.165, 1.54) is 38.5 Å². The Labute approximate surface area is 170 Å². The minimum atomic E-state index is 0. The van der Waals surface area contributed by atoms with Crippen LogP contribution in [0.3, 0.4) is 0 Å². The average molecular weight is 464 g/mol. The second kappa shape index (κ2) is 9.22. The third-order valence-electron chi connectivity index (χ3n) is 6.32. The van der Waals surface area contributed by atoms with E-state index in [1.807, 2.05) is 0 Å². The Balaban J connectivity index is 0.00000225. The van der Waals surface area contributed by atoms with Crippen LogP contribution in [0.5, 0.6) is 0 Å². The number of fused-ring (bicyclic) bond motifs is 2. The number of guanidine groups is 1. The van der Waals surface area contributed by atoms with Crippen LogP contribution < -0.4 is 10.6 Å². The Kier molecular flexibility index (Phi) is 7.83. The van der Waals surface area contributed by atoms with Gasteiger partial charge in [0.1, 0.15) is 0 Å². The van der Waals surface area contributed by atoms with E-state index in [9.17, 15) is 0 Å². The molecule has 2 N–H and O–H groups in total. The second-order valence-electron chi connectivity index (χ2n) is 8.38. The minimum Gasteiger partial charge on any atom is -0.373 e. The van der Waals surface area contributed by atoms with Gasteiger partial charge in [0.25, 0.3) is 0 Å². The summed E-state index contributed by atoms with van der Waals surface area (Å²) < 4.78 is 5.98. The molecule has 0 aromatic rings. The van der Waals surface area contributed by atoms with E-state index >= 15 is 0 Å². The van der Waals surface area contributed by atoms with E-state index in [0.717, 1.165) is 31.4 Å². The van der Waals surface area contributed by atoms with Crippen molar-refractivity contribution >= 4 is 29.9 Å². The molecule has 2 bridgehead atoms. The lowest BCUT2D eigenvalue weighted by molar-refractivity contribution is 0.0843. The number of nitrogens with one attached hydrogen (secondary N) is 2. The summed E-state index contributed by atoms with van der Waals surface area (Å²) in [5, 5.41) is 7.09. The predicted octanol–water partition coefficient (Wildman–Crippen LogP) is 2.99. The van der Waals surface area contributed by atoms with Crippen LogP contribution in [0, 0.1) is 5.92 Å². The van der Waals surface area contributed by atoms with E-state index < -0.39 is 0 Å². The fraction of sp³-hybridized carbons (Fsp3) is 0.947. The summed E-state index contributed by atoms with van der Waals surface area (Å²) in [6.07, 6.45) is 9.60. The first kappa shape index (κ1) is 21.2. The fourth-order valence-electron chi connectivity index (χ4n) is 4.84. The summed E-state index contributed by atoms with van der Waals surface area (Å²) in [6, 6.07) is 0.433. The highest BCUT2D eigenvalue weighted by Crippen LogP contribution is 2.36. The summed E-state index contributed by atoms with van der Waals surface area (Å²) in [5.41, 5.74) is 0.213. The summed E-state index contributed by atoms with van der Waals surface area (Å²) in [6.45, 7) is 6.30. The summed E-state index contributed by atoms with van der Waals surface area (Å²) in [7, 11) is 4.44. The van der Waals surface area contributed by atoms with Gasteiger partial charge in [-0.25, -0.2) is 0 Å². The number of hydrogen-bond donors (Lipinski definition) is 2. The lowest BCUT2D eigenvalue weighted by Crippen LogP contribution is -2.52. The van der Waals surface area contributed by atoms with Gasteiger partial charge in [0.05, 0.1) is 24.8 Å². The zero-order valence-electron chi connectivity index (χ0n) is 16.4. The van der Waals surface area contributed by atoms with E-state index in [-0.39, 0.29) is 29.5 Å². The quantitative estimate of drug-likeness (QED) is 0.373. The Morgan fingerprint density at radius 2 is 2.08 bits per heavy atom. The van der Waals surface area contributed by atoms with Crippen LogP contribution in [-0.2, 0) is 4.74 Å². The van der Waals surface area contributed by atoms with Crippen LogP contribution in [0.25, 0.3) is 0 Å². The molecule has 0 aromatic carbocycles. The van der Waals surface area contributed by atoms with Gasteiger partial charge in [-0.1, -0.05) is 19.8 Å². The summed E-state index contributed by atoms with van der Waals surface area (Å²) in [5.74, 6) is 1.77. The Hall–Kier alpha value is -0.0800. The molecule has 0 aromatic heterocycles. The topological polar surface area (TPSA) is 48.9 Å². The third kappa shape index (κ3) is 5.01. The average Bonchev–Trinajstić information content (AvgIpc) is 3.15. The van der Waals surface area contributed by atoms with E-state index in [1.54, 1.807) is 0 Å². The molecule has 0 amide bonds. The number of halogens is 1. The van der Waals surface area contributed by atoms with Crippen molar-refractivity contribution in [1.82, 2.24) is 15.5 Å². The molecule has 25 heavy (non-hydrogen) atoms. The highest BCUT2D eigenvalue weighted by molar-refractivity contribution is 14.0. The Morgan fingerprint density at radius 1 is 1.28 bits per heavy atom. The first-order valence-corrected chi connectivity index (χ1v) is 9.90. The molecule has 2 heterocycles. The molecule has 1 saturated carbocycles. The van der Waals surface area contributed by atoms with Gasteiger partial charge in [-0.05, 0) is 59.0 Å². The molecule has 1 aliphatic carbocycles. The van der Waals surface area contributed by atoms with Crippen molar-refractivity contribution in [3.63, 3.8) is 0 Å². The molecule has 3 rings (SSSR count). The molecular formula is C19H37IN4O. The first-order valence-electron chi connectivity index (χ1n) is 9.90. The smallest absolute Gasteiger partial charge is 0.191 e. The zero-order valence-corrected chi connectivity index (χ0v) is 18.7. The van der Waals surface area contributed by atoms with Crippen molar-refractivity contribution in [2.75, 3.05) is 27.2 Å². The van der Waals surface area contributed by atoms with E-state index in [4.69, 9.17) is 9.73 Å². The monoisotopic (exact) mass is 464 g/mol. The Bertz CT molecular complexity index is 459. The predicted molar refractivity (Wildman–Crippen MR) is 115 cm³/mol. The van der Waals surface area contributed by atoms with Crippen LogP contribution in [-0.4, -0.2) is 61.8 Å². The number of likely N-dealkylation sites (N-methyl/N-ethyl adjacent to an activating group) is 1. The van der Waals surface area contributed by atoms with E-state index in [0.29, 0.717) is 18.2 Å². The van der Waals surface area contributed by atoms with Crippen LogP contribution in [0.4, 0.5) is 0 Å². The summed E-state index contributed by atoms with van der Waals surface area (Å²) >= 11 is 0. The molecule has 5 nitrogen and oxygen atoms in total. The van der Waals surface area contributed by atoms with Crippen molar-refractivity contribution in [2.24, 2.45) is 10.9 Å². The van der Waals surface area contributed by atoms with Gasteiger partial charge in [0.15, 0.2) is 5.96 Å². The van der Waals surface area contributed by atoms with Gasteiger partial charge >= 0.3 is 0 Å². The molecule has 2 saturated heterocycles. The lowest BCUT2D eigenvalue weighted by atomic mass is 9.75.